The van der Waals surface area contributed by atoms with Crippen molar-refractivity contribution < 1.29 is 14.3 Å². The summed E-state index contributed by atoms with van der Waals surface area (Å²) in [4.78, 5) is 25.1. The quantitative estimate of drug-likeness (QED) is 0.623. The first-order chi connectivity index (χ1) is 7.95. The predicted octanol–water partition coefficient (Wildman–Crippen LogP) is -0.455. The second-order valence-corrected chi connectivity index (χ2v) is 3.87. The van der Waals surface area contributed by atoms with Crippen LogP contribution < -0.4 is 10.6 Å². The molecule has 0 atom stereocenters. The van der Waals surface area contributed by atoms with Gasteiger partial charge in [-0.3, -0.25) is 0 Å². The summed E-state index contributed by atoms with van der Waals surface area (Å²) >= 11 is 0. The molecule has 0 saturated heterocycles. The van der Waals surface area contributed by atoms with Crippen molar-refractivity contribution in [2.75, 3.05) is 54.5 Å². The third kappa shape index (κ3) is 8.32. The van der Waals surface area contributed by atoms with Crippen LogP contribution in [0.1, 0.15) is 0 Å². The van der Waals surface area contributed by atoms with Gasteiger partial charge < -0.3 is 25.2 Å². The number of urea groups is 2. The molecule has 0 unspecified atom stereocenters. The van der Waals surface area contributed by atoms with Gasteiger partial charge >= 0.3 is 12.1 Å². The lowest BCUT2D eigenvalue weighted by atomic mass is 10.6. The molecule has 0 rings (SSSR count). The molecule has 0 aromatic heterocycles. The molecule has 4 amide bonds. The lowest BCUT2D eigenvalue weighted by Gasteiger charge is -2.13. The molecule has 0 radical (unpaired) electrons. The Bertz CT molecular complexity index is 220. The van der Waals surface area contributed by atoms with Crippen LogP contribution >= 0.6 is 0 Å². The molecule has 0 aliphatic heterocycles. The molecule has 0 spiro atoms. The molecule has 0 bridgehead atoms. The van der Waals surface area contributed by atoms with Crippen LogP contribution in [0.15, 0.2) is 0 Å². The highest BCUT2D eigenvalue weighted by Gasteiger charge is 2.02. The van der Waals surface area contributed by atoms with E-state index in [1.54, 1.807) is 28.2 Å². The highest BCUT2D eigenvalue weighted by molar-refractivity contribution is 5.73. The lowest BCUT2D eigenvalue weighted by molar-refractivity contribution is 0.135. The van der Waals surface area contributed by atoms with Gasteiger partial charge in [-0.1, -0.05) is 0 Å². The highest BCUT2D eigenvalue weighted by atomic mass is 16.5. The Morgan fingerprint density at radius 2 is 1.24 bits per heavy atom. The van der Waals surface area contributed by atoms with Crippen molar-refractivity contribution in [2.45, 2.75) is 0 Å². The Hall–Kier alpha value is -1.50. The van der Waals surface area contributed by atoms with Crippen molar-refractivity contribution in [3.8, 4) is 0 Å². The molecule has 0 heterocycles. The second-order valence-electron chi connectivity index (χ2n) is 3.87. The summed E-state index contributed by atoms with van der Waals surface area (Å²) < 4.78 is 5.23. The van der Waals surface area contributed by atoms with Crippen LogP contribution in [0.3, 0.4) is 0 Å². The van der Waals surface area contributed by atoms with Gasteiger partial charge in [-0.05, 0) is 0 Å². The molecule has 0 aromatic carbocycles. The SMILES string of the molecule is CN(C)C(=O)NCCOCCNC(=O)N(C)C. The monoisotopic (exact) mass is 246 g/mol. The standard InChI is InChI=1S/C10H22N4O3/c1-13(2)9(15)11-5-7-17-8-6-12-10(16)14(3)4/h5-8H2,1-4H3,(H,11,15)(H,12,16). The van der Waals surface area contributed by atoms with Crippen molar-refractivity contribution in [3.63, 3.8) is 0 Å². The van der Waals surface area contributed by atoms with E-state index in [2.05, 4.69) is 10.6 Å². The Morgan fingerprint density at radius 3 is 1.53 bits per heavy atom. The van der Waals surface area contributed by atoms with Crippen LogP contribution in [0.4, 0.5) is 9.59 Å². The van der Waals surface area contributed by atoms with Crippen molar-refractivity contribution >= 4 is 12.1 Å². The number of ether oxygens (including phenoxy) is 1. The maximum Gasteiger partial charge on any atom is 0.316 e. The summed E-state index contributed by atoms with van der Waals surface area (Å²) in [5.41, 5.74) is 0. The van der Waals surface area contributed by atoms with Gasteiger partial charge in [-0.25, -0.2) is 9.59 Å². The number of hydrogen-bond donors (Lipinski definition) is 2. The van der Waals surface area contributed by atoms with Crippen molar-refractivity contribution in [2.24, 2.45) is 0 Å². The van der Waals surface area contributed by atoms with Gasteiger partial charge in [0, 0.05) is 41.3 Å². The lowest BCUT2D eigenvalue weighted by Crippen LogP contribution is -2.38. The fourth-order valence-electron chi connectivity index (χ4n) is 0.879. The maximum atomic E-state index is 11.1. The summed E-state index contributed by atoms with van der Waals surface area (Å²) in [6.07, 6.45) is 0. The number of hydrogen-bond acceptors (Lipinski definition) is 3. The smallest absolute Gasteiger partial charge is 0.316 e. The zero-order valence-electron chi connectivity index (χ0n) is 10.9. The summed E-state index contributed by atoms with van der Waals surface area (Å²) in [5.74, 6) is 0. The largest absolute Gasteiger partial charge is 0.378 e. The Balaban J connectivity index is 3.30. The average Bonchev–Trinajstić information content (AvgIpc) is 2.26. The molecular formula is C10H22N4O3. The molecule has 100 valence electrons. The number of nitrogens with one attached hydrogen (secondary N) is 2. The summed E-state index contributed by atoms with van der Waals surface area (Å²) in [6.45, 7) is 1.77. The van der Waals surface area contributed by atoms with E-state index in [0.29, 0.717) is 26.3 Å². The molecule has 7 nitrogen and oxygen atoms in total. The van der Waals surface area contributed by atoms with E-state index in [-0.39, 0.29) is 12.1 Å². The first-order valence-electron chi connectivity index (χ1n) is 5.43. The molecule has 7 heteroatoms. The molecule has 2 N–H and O–H groups in total. The van der Waals surface area contributed by atoms with Crippen LogP contribution in [0, 0.1) is 0 Å². The van der Waals surface area contributed by atoms with Gasteiger partial charge in [-0.2, -0.15) is 0 Å². The molecule has 0 aromatic rings. The van der Waals surface area contributed by atoms with Crippen LogP contribution in [0.25, 0.3) is 0 Å². The summed E-state index contributed by atoms with van der Waals surface area (Å²) in [6, 6.07) is -0.288. The van der Waals surface area contributed by atoms with Crippen LogP contribution in [-0.2, 0) is 4.74 Å². The minimum Gasteiger partial charge on any atom is -0.378 e. The molecule has 0 aliphatic rings. The molecule has 0 saturated carbocycles. The van der Waals surface area contributed by atoms with Crippen molar-refractivity contribution in [1.29, 1.82) is 0 Å². The average molecular weight is 246 g/mol. The topological polar surface area (TPSA) is 73.9 Å². The fourth-order valence-corrected chi connectivity index (χ4v) is 0.879. The van der Waals surface area contributed by atoms with Crippen molar-refractivity contribution in [1.82, 2.24) is 20.4 Å². The number of nitrogens with zero attached hydrogens (tertiary/aromatic N) is 2. The van der Waals surface area contributed by atoms with E-state index in [1.165, 1.54) is 9.80 Å². The third-order valence-electron chi connectivity index (χ3n) is 1.86. The zero-order chi connectivity index (χ0) is 13.3. The molecule has 0 aliphatic carbocycles. The molecule has 17 heavy (non-hydrogen) atoms. The molecule has 0 fully saturated rings. The van der Waals surface area contributed by atoms with Crippen LogP contribution in [0.2, 0.25) is 0 Å². The van der Waals surface area contributed by atoms with Crippen LogP contribution in [0.5, 0.6) is 0 Å². The van der Waals surface area contributed by atoms with Gasteiger partial charge in [0.15, 0.2) is 0 Å². The van der Waals surface area contributed by atoms with E-state index < -0.39 is 0 Å². The Labute approximate surface area is 102 Å². The fraction of sp³-hybridized carbons (Fsp3) is 0.800. The normalized spacial score (nSPS) is 9.65. The zero-order valence-corrected chi connectivity index (χ0v) is 10.9. The van der Waals surface area contributed by atoms with Crippen LogP contribution in [-0.4, -0.2) is 76.4 Å². The van der Waals surface area contributed by atoms with E-state index in [4.69, 9.17) is 4.74 Å². The Kier molecular flexibility index (Phi) is 7.87. The number of rotatable bonds is 6. The van der Waals surface area contributed by atoms with Gasteiger partial charge in [-0.15, -0.1) is 0 Å². The van der Waals surface area contributed by atoms with E-state index in [9.17, 15) is 9.59 Å². The van der Waals surface area contributed by atoms with Gasteiger partial charge in [0.05, 0.1) is 13.2 Å². The van der Waals surface area contributed by atoms with Gasteiger partial charge in [0.1, 0.15) is 0 Å². The van der Waals surface area contributed by atoms with Crippen molar-refractivity contribution in [3.05, 3.63) is 0 Å². The van der Waals surface area contributed by atoms with Gasteiger partial charge in [0.2, 0.25) is 0 Å². The maximum absolute atomic E-state index is 11.1. The number of amides is 4. The first kappa shape index (κ1) is 15.5. The highest BCUT2D eigenvalue weighted by Crippen LogP contribution is 1.79. The Morgan fingerprint density at radius 1 is 0.882 bits per heavy atom. The van der Waals surface area contributed by atoms with E-state index in [1.807, 2.05) is 0 Å². The van der Waals surface area contributed by atoms with Gasteiger partial charge in [0.25, 0.3) is 0 Å². The number of carbonyl (C=O) groups is 2. The minimum atomic E-state index is -0.144. The summed E-state index contributed by atoms with van der Waals surface area (Å²) in [5, 5.41) is 5.33. The number of carbonyl (C=O) groups excluding carboxylic acids is 2. The minimum absolute atomic E-state index is 0.144. The second kappa shape index (κ2) is 8.63. The first-order valence-corrected chi connectivity index (χ1v) is 5.43. The summed E-state index contributed by atoms with van der Waals surface area (Å²) in [7, 11) is 6.69. The molecular weight excluding hydrogens is 224 g/mol. The predicted molar refractivity (Wildman–Crippen MR) is 65.0 cm³/mol. The third-order valence-corrected chi connectivity index (χ3v) is 1.86. The van der Waals surface area contributed by atoms with E-state index in [0.717, 1.165) is 0 Å². The van der Waals surface area contributed by atoms with E-state index >= 15 is 0 Å².